The molecule has 16 heteroatoms. The zero-order chi connectivity index (χ0) is 83.7. The Hall–Kier alpha value is -9.08. The Kier molecular flexibility index (Phi) is 28.6. The number of nitrogens with zero attached hydrogens (tertiary/aromatic N) is 4. The summed E-state index contributed by atoms with van der Waals surface area (Å²) in [7, 11) is 0. The first-order valence-corrected chi connectivity index (χ1v) is 45.9. The number of benzene rings is 10. The first-order valence-electron chi connectivity index (χ1n) is 45.9. The highest BCUT2D eigenvalue weighted by Gasteiger charge is 2.39. The normalized spacial score (nSPS) is 15.8. The lowest BCUT2D eigenvalue weighted by molar-refractivity contribution is -0.150. The van der Waals surface area contributed by atoms with Gasteiger partial charge in [0, 0.05) is 140 Å². The van der Waals surface area contributed by atoms with Crippen molar-refractivity contribution in [3.63, 3.8) is 0 Å². The van der Waals surface area contributed by atoms with Gasteiger partial charge in [-0.05, 0) is 240 Å². The van der Waals surface area contributed by atoms with Crippen molar-refractivity contribution < 1.29 is 56.8 Å². The highest BCUT2D eigenvalue weighted by atomic mass is 16.5. The summed E-state index contributed by atoms with van der Waals surface area (Å²) < 4.78 is 80.3. The molecule has 0 N–H and O–H groups in total. The Morgan fingerprint density at radius 3 is 0.715 bits per heavy atom. The molecular weight excluding hydrogens is 1530 g/mol. The van der Waals surface area contributed by atoms with Gasteiger partial charge in [-0.25, -0.2) is 0 Å². The number of ether oxygens (including phenoxy) is 12. The Balaban J connectivity index is 0.000000175. The Morgan fingerprint density at radius 2 is 0.472 bits per heavy atom. The van der Waals surface area contributed by atoms with Crippen molar-refractivity contribution in [1.82, 2.24) is 18.3 Å². The second-order valence-electron chi connectivity index (χ2n) is 35.9. The molecule has 4 aliphatic heterocycles. The monoisotopic (exact) mass is 1660 g/mol. The van der Waals surface area contributed by atoms with Crippen LogP contribution in [-0.2, 0) is 83.3 Å². The molecule has 0 bridgehead atoms. The first-order chi connectivity index (χ1) is 60.6. The van der Waals surface area contributed by atoms with Gasteiger partial charge in [0.2, 0.25) is 0 Å². The van der Waals surface area contributed by atoms with Crippen LogP contribution >= 0.6 is 0 Å². The lowest BCUT2D eigenvalue weighted by Gasteiger charge is -2.40. The molecule has 646 valence electrons. The zero-order valence-corrected chi connectivity index (χ0v) is 73.0. The van der Waals surface area contributed by atoms with E-state index in [4.69, 9.17) is 56.8 Å². The molecule has 8 heterocycles. The number of fused-ring (bicyclic) bond motifs is 12. The average molecular weight is 1660 g/mol. The minimum atomic E-state index is 0.213. The summed E-state index contributed by atoms with van der Waals surface area (Å²) in [6.45, 7) is 27.4. The van der Waals surface area contributed by atoms with Crippen molar-refractivity contribution >= 4 is 87.2 Å². The van der Waals surface area contributed by atoms with E-state index in [1.165, 1.54) is 109 Å². The van der Waals surface area contributed by atoms with Gasteiger partial charge in [-0.15, -0.1) is 0 Å². The van der Waals surface area contributed by atoms with E-state index in [1.807, 2.05) is 0 Å². The molecular formula is C107H126N4O12. The standard InChI is InChI=1S/C54H64N2O6.C53H62N2O6/c1-3-53(37-61-38-53)35-59-27-15-7-13-25-57-33-41-21-23-49-45(29-41)47-31-48-46-30-42(34-58-26-14-8-16-28-60-36-54(4-2)39-62-40-54)22-24-50(46)56(44-19-11-6-12-20-44)52(48)32-51(47)55(49)43-17-9-5-10-18-43;1-3-53(38-61-39-53)37-59-27-15-7-13-25-57-33-41-21-23-49-45(29-41)47-31-50-46(30-51(47)55(49)43-18-10-5-11-19-43)44-28-40(20-22-48(44)54(50)42-16-8-4-9-17-42)32-56-24-12-6-14-26-58-34-52(2)35-60-36-52/h5-6,9-12,17-24,29-32H,3-4,7-8,13-16,25-28,33-40H2,1-2H3;4-5,8-11,16-23,28-31H,3,6-7,12-15,24-27,32-39H2,1-2H3. The van der Waals surface area contributed by atoms with E-state index in [9.17, 15) is 0 Å². The van der Waals surface area contributed by atoms with E-state index < -0.39 is 0 Å². The first kappa shape index (κ1) is 86.1. The van der Waals surface area contributed by atoms with Gasteiger partial charge in [0.1, 0.15) is 0 Å². The number of rotatable bonds is 47. The molecule has 4 saturated heterocycles. The summed E-state index contributed by atoms with van der Waals surface area (Å²) in [6.07, 6.45) is 16.1. The smallest absolute Gasteiger partial charge is 0.0717 e. The average Bonchev–Trinajstić information content (AvgIpc) is 1.56. The van der Waals surface area contributed by atoms with Gasteiger partial charge in [-0.3, -0.25) is 0 Å². The highest BCUT2D eigenvalue weighted by molar-refractivity contribution is 6.21. The molecule has 123 heavy (non-hydrogen) atoms. The van der Waals surface area contributed by atoms with Crippen LogP contribution in [0.5, 0.6) is 0 Å². The Bertz CT molecular complexity index is 5570. The van der Waals surface area contributed by atoms with Crippen LogP contribution in [0.15, 0.2) is 218 Å². The van der Waals surface area contributed by atoms with Gasteiger partial charge in [0.05, 0.1) is 150 Å². The van der Waals surface area contributed by atoms with Crippen LogP contribution in [0.4, 0.5) is 0 Å². The molecule has 16 nitrogen and oxygen atoms in total. The Morgan fingerprint density at radius 1 is 0.236 bits per heavy atom. The van der Waals surface area contributed by atoms with E-state index in [1.54, 1.807) is 0 Å². The van der Waals surface area contributed by atoms with Crippen molar-refractivity contribution in [2.75, 3.05) is 132 Å². The maximum atomic E-state index is 6.27. The molecule has 14 aromatic rings. The van der Waals surface area contributed by atoms with Crippen LogP contribution in [0.3, 0.4) is 0 Å². The summed E-state index contributed by atoms with van der Waals surface area (Å²) >= 11 is 0. The topological polar surface area (TPSA) is 130 Å². The van der Waals surface area contributed by atoms with Crippen molar-refractivity contribution in [2.45, 2.75) is 150 Å². The molecule has 4 aromatic heterocycles. The summed E-state index contributed by atoms with van der Waals surface area (Å²) in [5.74, 6) is 0. The molecule has 0 atom stereocenters. The van der Waals surface area contributed by atoms with Gasteiger partial charge in [0.25, 0.3) is 0 Å². The molecule has 0 spiro atoms. The lowest BCUT2D eigenvalue weighted by Crippen LogP contribution is -2.45. The molecule has 4 aliphatic rings. The molecule has 0 amide bonds. The third kappa shape index (κ3) is 19.9. The predicted octanol–water partition coefficient (Wildman–Crippen LogP) is 23.9. The van der Waals surface area contributed by atoms with E-state index in [2.05, 4.69) is 264 Å². The minimum absolute atomic E-state index is 0.213. The van der Waals surface area contributed by atoms with Crippen LogP contribution in [0, 0.1) is 21.7 Å². The summed E-state index contributed by atoms with van der Waals surface area (Å²) in [4.78, 5) is 0. The maximum absolute atomic E-state index is 6.27. The van der Waals surface area contributed by atoms with Crippen LogP contribution < -0.4 is 0 Å². The van der Waals surface area contributed by atoms with Gasteiger partial charge < -0.3 is 75.1 Å². The molecule has 0 radical (unpaired) electrons. The number of para-hydroxylation sites is 4. The van der Waals surface area contributed by atoms with Crippen LogP contribution in [0.25, 0.3) is 110 Å². The third-order valence-corrected chi connectivity index (χ3v) is 26.3. The number of hydrogen-bond donors (Lipinski definition) is 0. The SMILES string of the molecule is CCC1(COCCCCCOCc2ccc3c(c2)c2cc4c(cc2n3-c2ccccc2)c2cc(COCCCCCOCC3(C)COC3)ccc2n4-c2ccccc2)COC1.CCC1(COCCCCCOCc2ccc3c(c2)c2cc4c5cc(COCCCCCOCC6(CC)COC6)ccc5n(-c5ccccc5)c4cc2n3-c2ccccc2)COC1. The lowest BCUT2D eigenvalue weighted by atomic mass is 9.84. The summed E-state index contributed by atoms with van der Waals surface area (Å²) in [6, 6.07) is 80.0. The predicted molar refractivity (Wildman–Crippen MR) is 497 cm³/mol. The fraction of sp³-hybridized carbons (Fsp3) is 0.439. The fourth-order valence-corrected chi connectivity index (χ4v) is 18.2. The number of aromatic nitrogens is 4. The van der Waals surface area contributed by atoms with Gasteiger partial charge >= 0.3 is 0 Å². The largest absolute Gasteiger partial charge is 0.381 e. The van der Waals surface area contributed by atoms with Crippen LogP contribution in [0.2, 0.25) is 0 Å². The third-order valence-electron chi connectivity index (χ3n) is 26.3. The molecule has 0 aliphatic carbocycles. The maximum Gasteiger partial charge on any atom is 0.0717 e. The van der Waals surface area contributed by atoms with Crippen LogP contribution in [0.1, 0.15) is 146 Å². The van der Waals surface area contributed by atoms with E-state index in [0.29, 0.717) is 26.4 Å². The zero-order valence-electron chi connectivity index (χ0n) is 73.0. The molecule has 18 rings (SSSR count). The number of unbranched alkanes of at least 4 members (excludes halogenated alkanes) is 8. The minimum Gasteiger partial charge on any atom is -0.381 e. The van der Waals surface area contributed by atoms with Gasteiger partial charge in [0.15, 0.2) is 0 Å². The molecule has 0 unspecified atom stereocenters. The Labute approximate surface area is 725 Å². The molecule has 4 fully saturated rings. The van der Waals surface area contributed by atoms with Crippen molar-refractivity contribution in [3.05, 3.63) is 241 Å². The fourth-order valence-electron chi connectivity index (χ4n) is 18.2. The quantitative estimate of drug-likeness (QED) is 0.0337. The molecule has 10 aromatic carbocycles. The summed E-state index contributed by atoms with van der Waals surface area (Å²) in [5, 5.41) is 9.86. The van der Waals surface area contributed by atoms with E-state index in [0.717, 1.165) is 251 Å². The highest BCUT2D eigenvalue weighted by Crippen LogP contribution is 2.44. The van der Waals surface area contributed by atoms with Crippen LogP contribution in [-0.4, -0.2) is 150 Å². The molecule has 0 saturated carbocycles. The second kappa shape index (κ2) is 40.9. The summed E-state index contributed by atoms with van der Waals surface area (Å²) in [5.41, 5.74) is 19.8. The van der Waals surface area contributed by atoms with E-state index >= 15 is 0 Å². The van der Waals surface area contributed by atoms with Gasteiger partial charge in [-0.2, -0.15) is 0 Å². The number of hydrogen-bond acceptors (Lipinski definition) is 12. The van der Waals surface area contributed by atoms with Crippen molar-refractivity contribution in [3.8, 4) is 22.7 Å². The second-order valence-corrected chi connectivity index (χ2v) is 35.9. The van der Waals surface area contributed by atoms with Gasteiger partial charge in [-0.1, -0.05) is 125 Å². The van der Waals surface area contributed by atoms with Crippen molar-refractivity contribution in [2.24, 2.45) is 21.7 Å². The van der Waals surface area contributed by atoms with E-state index in [-0.39, 0.29) is 21.7 Å². The van der Waals surface area contributed by atoms with Crippen molar-refractivity contribution in [1.29, 1.82) is 0 Å².